The third-order valence-corrected chi connectivity index (χ3v) is 7.60. The smallest absolute Gasteiger partial charge is 0.338 e. The Bertz CT molecular complexity index is 1310. The second-order valence-electron chi connectivity index (χ2n) is 10.4. The number of nitrogens with two attached hydrogens (primary N) is 1. The summed E-state index contributed by atoms with van der Waals surface area (Å²) in [6.07, 6.45) is -0.0718. The Labute approximate surface area is 218 Å². The molecule has 1 aromatic rings. The van der Waals surface area contributed by atoms with E-state index in [1.54, 1.807) is 0 Å². The van der Waals surface area contributed by atoms with Crippen molar-refractivity contribution in [1.82, 2.24) is 9.80 Å². The Morgan fingerprint density at radius 2 is 1.79 bits per heavy atom. The van der Waals surface area contributed by atoms with Crippen LogP contribution in [0.15, 0.2) is 29.0 Å². The molecule has 0 radical (unpaired) electrons. The minimum atomic E-state index is -2.72. The number of amides is 1. The van der Waals surface area contributed by atoms with Gasteiger partial charge in [-0.2, -0.15) is 0 Å². The first kappa shape index (κ1) is 27.3. The van der Waals surface area contributed by atoms with Gasteiger partial charge < -0.3 is 35.8 Å². The van der Waals surface area contributed by atoms with Crippen LogP contribution in [-0.2, 0) is 25.5 Å². The first-order valence-corrected chi connectivity index (χ1v) is 12.0. The zero-order valence-electron chi connectivity index (χ0n) is 21.5. The number of nitrogens with zero attached hydrogens (tertiary/aromatic N) is 2. The number of phenolic OH excluding ortho intramolecular Hbond substituents is 1. The Balaban J connectivity index is 1.87. The Hall–Kier alpha value is -3.74. The standard InChI is InChI=1S/C26H31N3O9/c1-28(2)7-8-38-25(36)12-5-6-15(30)17-13(12)9-11-10-14-19(29(3)4)21(32)18(24(27)35)23(34)26(14,37)22(33)16(11)20(17)31/h5-6,11,14,19,30-31,34,37H,7-10H2,1-4H3,(H2,27,35)/t11-,14-,19-,26-/m0/s1. The molecule has 6 N–H and O–H groups in total. The molecule has 1 fully saturated rings. The highest BCUT2D eigenvalue weighted by Gasteiger charge is 2.64. The predicted molar refractivity (Wildman–Crippen MR) is 133 cm³/mol. The normalized spacial score (nSPS) is 26.9. The van der Waals surface area contributed by atoms with Crippen molar-refractivity contribution < 1.29 is 44.3 Å². The number of esters is 1. The van der Waals surface area contributed by atoms with E-state index in [-0.39, 0.29) is 41.7 Å². The number of hydrogen-bond donors (Lipinski definition) is 5. The van der Waals surface area contributed by atoms with Crippen LogP contribution in [0, 0.1) is 11.8 Å². The molecule has 1 aromatic carbocycles. The number of aliphatic hydroxyl groups is 3. The number of benzene rings is 1. The molecule has 1 saturated carbocycles. The number of aromatic hydroxyl groups is 1. The molecule has 0 aromatic heterocycles. The number of phenols is 1. The van der Waals surface area contributed by atoms with Crippen LogP contribution in [0.2, 0.25) is 0 Å². The SMILES string of the molecule is CN(C)CCOC(=O)c1ccc(O)c2c1C[C@H]1C[C@H]3[C@H](N(C)C)C(=O)C(C(N)=O)=C(O)[C@@]3(O)C(=O)C1=C2O. The average molecular weight is 530 g/mol. The first-order chi connectivity index (χ1) is 17.7. The van der Waals surface area contributed by atoms with E-state index in [0.29, 0.717) is 6.54 Å². The van der Waals surface area contributed by atoms with E-state index >= 15 is 0 Å². The van der Waals surface area contributed by atoms with Gasteiger partial charge in [0.2, 0.25) is 5.78 Å². The van der Waals surface area contributed by atoms with Gasteiger partial charge in [0.25, 0.3) is 5.91 Å². The second kappa shape index (κ2) is 9.53. The lowest BCUT2D eigenvalue weighted by atomic mass is 9.57. The molecule has 0 spiro atoms. The van der Waals surface area contributed by atoms with Gasteiger partial charge in [0.1, 0.15) is 29.4 Å². The van der Waals surface area contributed by atoms with Crippen LogP contribution in [0.1, 0.15) is 27.9 Å². The summed E-state index contributed by atoms with van der Waals surface area (Å²) in [4.78, 5) is 55.1. The zero-order chi connectivity index (χ0) is 28.3. The molecule has 0 saturated heterocycles. The van der Waals surface area contributed by atoms with Crippen LogP contribution < -0.4 is 5.73 Å². The van der Waals surface area contributed by atoms with Gasteiger partial charge >= 0.3 is 5.97 Å². The van der Waals surface area contributed by atoms with Gasteiger partial charge in [0.05, 0.1) is 17.2 Å². The molecule has 0 aliphatic heterocycles. The molecule has 4 rings (SSSR count). The van der Waals surface area contributed by atoms with Crippen LogP contribution in [0.5, 0.6) is 5.75 Å². The highest BCUT2D eigenvalue weighted by Crippen LogP contribution is 2.52. The molecule has 12 heteroatoms. The third-order valence-electron chi connectivity index (χ3n) is 7.60. The topological polar surface area (TPSA) is 191 Å². The van der Waals surface area contributed by atoms with Gasteiger partial charge in [-0.3, -0.25) is 19.3 Å². The summed E-state index contributed by atoms with van der Waals surface area (Å²) in [5.41, 5.74) is 1.62. The number of fused-ring (bicyclic) bond motifs is 3. The van der Waals surface area contributed by atoms with E-state index < -0.39 is 69.8 Å². The minimum Gasteiger partial charge on any atom is -0.508 e. The quantitative estimate of drug-likeness (QED) is 0.240. The molecule has 1 amide bonds. The largest absolute Gasteiger partial charge is 0.508 e. The number of rotatable bonds is 6. The van der Waals surface area contributed by atoms with Gasteiger partial charge in [0.15, 0.2) is 11.4 Å². The molecule has 0 heterocycles. The maximum absolute atomic E-state index is 13.8. The van der Waals surface area contributed by atoms with Crippen molar-refractivity contribution >= 4 is 29.2 Å². The van der Waals surface area contributed by atoms with Crippen molar-refractivity contribution in [2.24, 2.45) is 17.6 Å². The molecule has 38 heavy (non-hydrogen) atoms. The van der Waals surface area contributed by atoms with Crippen molar-refractivity contribution in [2.45, 2.75) is 24.5 Å². The van der Waals surface area contributed by atoms with Crippen molar-refractivity contribution in [3.63, 3.8) is 0 Å². The summed E-state index contributed by atoms with van der Waals surface area (Å²) >= 11 is 0. The summed E-state index contributed by atoms with van der Waals surface area (Å²) in [5.74, 6) is -8.14. The summed E-state index contributed by atoms with van der Waals surface area (Å²) < 4.78 is 5.35. The lowest BCUT2D eigenvalue weighted by Crippen LogP contribution is -2.65. The van der Waals surface area contributed by atoms with Crippen LogP contribution in [0.25, 0.3) is 5.76 Å². The number of hydrogen-bond acceptors (Lipinski definition) is 11. The summed E-state index contributed by atoms with van der Waals surface area (Å²) in [6, 6.07) is 1.37. The van der Waals surface area contributed by atoms with E-state index in [2.05, 4.69) is 0 Å². The number of ether oxygens (including phenoxy) is 1. The zero-order valence-corrected chi connectivity index (χ0v) is 21.5. The van der Waals surface area contributed by atoms with E-state index in [1.165, 1.54) is 31.1 Å². The molecular formula is C26H31N3O9. The van der Waals surface area contributed by atoms with Gasteiger partial charge in [0, 0.05) is 18.0 Å². The minimum absolute atomic E-state index is 0.00104. The Kier molecular flexibility index (Phi) is 6.85. The van der Waals surface area contributed by atoms with Crippen molar-refractivity contribution in [2.75, 3.05) is 41.3 Å². The van der Waals surface area contributed by atoms with Crippen LogP contribution in [0.3, 0.4) is 0 Å². The number of carbonyl (C=O) groups is 4. The summed E-state index contributed by atoms with van der Waals surface area (Å²) in [6.45, 7) is 0.578. The second-order valence-corrected chi connectivity index (χ2v) is 10.4. The number of primary amides is 1. The van der Waals surface area contributed by atoms with Crippen LogP contribution in [-0.4, -0.2) is 107 Å². The molecule has 204 valence electrons. The molecule has 0 bridgehead atoms. The summed E-state index contributed by atoms with van der Waals surface area (Å²) in [7, 11) is 6.68. The van der Waals surface area contributed by atoms with Gasteiger partial charge in [-0.15, -0.1) is 0 Å². The van der Waals surface area contributed by atoms with Gasteiger partial charge in [-0.05, 0) is 64.6 Å². The van der Waals surface area contributed by atoms with Gasteiger partial charge in [-0.25, -0.2) is 4.79 Å². The van der Waals surface area contributed by atoms with Crippen molar-refractivity contribution in [1.29, 1.82) is 0 Å². The monoisotopic (exact) mass is 529 g/mol. The lowest BCUT2D eigenvalue weighted by Gasteiger charge is -2.50. The van der Waals surface area contributed by atoms with E-state index in [0.717, 1.165) is 0 Å². The fraction of sp³-hybridized carbons (Fsp3) is 0.462. The van der Waals surface area contributed by atoms with E-state index in [9.17, 15) is 39.6 Å². The molecule has 3 aliphatic rings. The fourth-order valence-electron chi connectivity index (χ4n) is 5.83. The van der Waals surface area contributed by atoms with Gasteiger partial charge in [-0.1, -0.05) is 0 Å². The number of carbonyl (C=O) groups excluding carboxylic acids is 4. The highest BCUT2D eigenvalue weighted by molar-refractivity contribution is 6.24. The molecule has 4 atom stereocenters. The number of ketones is 2. The molecule has 0 unspecified atom stereocenters. The first-order valence-electron chi connectivity index (χ1n) is 12.0. The average Bonchev–Trinajstić information content (AvgIpc) is 2.80. The number of aliphatic hydroxyl groups excluding tert-OH is 2. The van der Waals surface area contributed by atoms with Crippen molar-refractivity contribution in [3.05, 3.63) is 45.7 Å². The molecular weight excluding hydrogens is 498 g/mol. The maximum Gasteiger partial charge on any atom is 0.338 e. The maximum atomic E-state index is 13.8. The molecule has 12 nitrogen and oxygen atoms in total. The predicted octanol–water partition coefficient (Wildman–Crippen LogP) is -0.318. The third kappa shape index (κ3) is 3.96. The number of Topliss-reactive ketones (excluding diaryl/α,β-unsaturated/α-hetero) is 2. The summed E-state index contributed by atoms with van der Waals surface area (Å²) in [5, 5.41) is 44.3. The van der Waals surface area contributed by atoms with E-state index in [4.69, 9.17) is 10.5 Å². The Morgan fingerprint density at radius 1 is 1.13 bits per heavy atom. The fourth-order valence-corrected chi connectivity index (χ4v) is 5.83. The highest BCUT2D eigenvalue weighted by atomic mass is 16.5. The Morgan fingerprint density at radius 3 is 2.37 bits per heavy atom. The van der Waals surface area contributed by atoms with E-state index in [1.807, 2.05) is 19.0 Å². The van der Waals surface area contributed by atoms with Crippen LogP contribution in [0.4, 0.5) is 0 Å². The lowest BCUT2D eigenvalue weighted by molar-refractivity contribution is -0.153. The molecule has 3 aliphatic carbocycles. The van der Waals surface area contributed by atoms with Crippen LogP contribution >= 0.6 is 0 Å². The van der Waals surface area contributed by atoms with Crippen molar-refractivity contribution in [3.8, 4) is 5.75 Å². The number of likely N-dealkylation sites (N-methyl/N-ethyl adjacent to an activating group) is 2.